The summed E-state index contributed by atoms with van der Waals surface area (Å²) in [5.41, 5.74) is 6.67. The van der Waals surface area contributed by atoms with Gasteiger partial charge in [0.15, 0.2) is 10.9 Å². The van der Waals surface area contributed by atoms with Gasteiger partial charge in [-0.05, 0) is 49.1 Å². The van der Waals surface area contributed by atoms with Gasteiger partial charge in [-0.2, -0.15) is 0 Å². The number of halogens is 2. The number of ketones is 1. The van der Waals surface area contributed by atoms with Crippen molar-refractivity contribution in [3.63, 3.8) is 0 Å². The van der Waals surface area contributed by atoms with E-state index in [1.807, 2.05) is 0 Å². The van der Waals surface area contributed by atoms with Gasteiger partial charge < -0.3 is 10.6 Å². The number of benzene rings is 1. The molecule has 1 aliphatic heterocycles. The summed E-state index contributed by atoms with van der Waals surface area (Å²) in [5, 5.41) is 1.88. The third kappa shape index (κ3) is 3.91. The van der Waals surface area contributed by atoms with E-state index in [-0.39, 0.29) is 11.6 Å². The topological polar surface area (TPSA) is 59.2 Å². The minimum atomic E-state index is -0.167. The van der Waals surface area contributed by atoms with Crippen LogP contribution in [0.25, 0.3) is 6.08 Å². The largest absolute Gasteiger partial charge is 0.382 e. The lowest BCUT2D eigenvalue weighted by atomic mass is 10.1. The van der Waals surface area contributed by atoms with E-state index in [0.717, 1.165) is 36.6 Å². The van der Waals surface area contributed by atoms with Gasteiger partial charge >= 0.3 is 0 Å². The number of nitrogens with zero attached hydrogens (tertiary/aromatic N) is 2. The number of allylic oxidation sites excluding steroid dienone is 1. The first-order chi connectivity index (χ1) is 11.5. The summed E-state index contributed by atoms with van der Waals surface area (Å²) in [6.07, 6.45) is 6.68. The molecular weight excluding hydrogens is 365 g/mol. The van der Waals surface area contributed by atoms with Gasteiger partial charge in [0.2, 0.25) is 0 Å². The highest BCUT2D eigenvalue weighted by atomic mass is 35.5. The first kappa shape index (κ1) is 17.3. The maximum atomic E-state index is 12.4. The van der Waals surface area contributed by atoms with Gasteiger partial charge in [0.1, 0.15) is 10.7 Å². The quantitative estimate of drug-likeness (QED) is 0.602. The molecule has 1 aromatic carbocycles. The predicted octanol–water partition coefficient (Wildman–Crippen LogP) is 4.92. The van der Waals surface area contributed by atoms with Crippen molar-refractivity contribution < 1.29 is 4.79 Å². The number of carbonyl (C=O) groups is 1. The molecule has 24 heavy (non-hydrogen) atoms. The van der Waals surface area contributed by atoms with E-state index in [1.165, 1.54) is 23.8 Å². The molecule has 0 unspecified atom stereocenters. The van der Waals surface area contributed by atoms with Crippen LogP contribution in [0.5, 0.6) is 0 Å². The van der Waals surface area contributed by atoms with Crippen LogP contribution in [0.2, 0.25) is 10.0 Å². The second-order valence-electron chi connectivity index (χ2n) is 5.62. The SMILES string of the molecule is Nc1nc(N2CCCCC2)sc1C(=O)/C=C/c1ccc(Cl)cc1Cl. The molecule has 1 saturated heterocycles. The third-order valence-corrected chi connectivity index (χ3v) is 5.58. The molecule has 126 valence electrons. The Bertz CT molecular complexity index is 782. The summed E-state index contributed by atoms with van der Waals surface area (Å²) in [7, 11) is 0. The Labute approximate surface area is 154 Å². The number of aromatic nitrogens is 1. The van der Waals surface area contributed by atoms with E-state index < -0.39 is 0 Å². The minimum Gasteiger partial charge on any atom is -0.382 e. The monoisotopic (exact) mass is 381 g/mol. The van der Waals surface area contributed by atoms with Crippen molar-refractivity contribution in [3.05, 3.63) is 44.8 Å². The first-order valence-corrected chi connectivity index (χ1v) is 9.30. The zero-order valence-corrected chi connectivity index (χ0v) is 15.3. The summed E-state index contributed by atoms with van der Waals surface area (Å²) < 4.78 is 0. The molecule has 0 bridgehead atoms. The molecule has 0 radical (unpaired) electrons. The summed E-state index contributed by atoms with van der Waals surface area (Å²) in [6, 6.07) is 5.14. The van der Waals surface area contributed by atoms with E-state index in [1.54, 1.807) is 24.3 Å². The van der Waals surface area contributed by atoms with Crippen molar-refractivity contribution in [2.45, 2.75) is 19.3 Å². The molecule has 7 heteroatoms. The molecule has 4 nitrogen and oxygen atoms in total. The van der Waals surface area contributed by atoms with Crippen molar-refractivity contribution in [2.75, 3.05) is 23.7 Å². The fraction of sp³-hybridized carbons (Fsp3) is 0.294. The number of carbonyl (C=O) groups excluding carboxylic acids is 1. The van der Waals surface area contributed by atoms with Gasteiger partial charge in [0, 0.05) is 23.1 Å². The van der Waals surface area contributed by atoms with Crippen LogP contribution in [0.3, 0.4) is 0 Å². The Balaban J connectivity index is 1.77. The number of thiazole rings is 1. The van der Waals surface area contributed by atoms with Crippen LogP contribution < -0.4 is 10.6 Å². The highest BCUT2D eigenvalue weighted by Gasteiger charge is 2.19. The lowest BCUT2D eigenvalue weighted by Gasteiger charge is -2.25. The van der Waals surface area contributed by atoms with Gasteiger partial charge in [-0.1, -0.05) is 40.6 Å². The predicted molar refractivity (Wildman–Crippen MR) is 102 cm³/mol. The van der Waals surface area contributed by atoms with Crippen LogP contribution in [0.1, 0.15) is 34.5 Å². The smallest absolute Gasteiger partial charge is 0.199 e. The molecule has 0 spiro atoms. The van der Waals surface area contributed by atoms with Gasteiger partial charge in [-0.3, -0.25) is 4.79 Å². The molecule has 0 amide bonds. The van der Waals surface area contributed by atoms with E-state index in [2.05, 4.69) is 9.88 Å². The van der Waals surface area contributed by atoms with Crippen LogP contribution >= 0.6 is 34.5 Å². The number of anilines is 2. The Morgan fingerprint density at radius 3 is 2.71 bits per heavy atom. The minimum absolute atomic E-state index is 0.167. The Kier molecular flexibility index (Phi) is 5.43. The molecule has 1 aromatic heterocycles. The number of nitrogen functional groups attached to an aromatic ring is 1. The van der Waals surface area contributed by atoms with Crippen LogP contribution in [0, 0.1) is 0 Å². The number of rotatable bonds is 4. The molecule has 1 aliphatic rings. The number of nitrogens with two attached hydrogens (primary N) is 1. The summed E-state index contributed by atoms with van der Waals surface area (Å²) >= 11 is 13.3. The van der Waals surface area contributed by atoms with Crippen LogP contribution in [-0.4, -0.2) is 23.9 Å². The maximum absolute atomic E-state index is 12.4. The van der Waals surface area contributed by atoms with Crippen molar-refractivity contribution in [3.8, 4) is 0 Å². The molecule has 0 aliphatic carbocycles. The zero-order chi connectivity index (χ0) is 17.1. The molecule has 2 heterocycles. The lowest BCUT2D eigenvalue weighted by molar-refractivity contribution is 0.105. The average Bonchev–Trinajstić information content (AvgIpc) is 2.96. The molecule has 0 saturated carbocycles. The second kappa shape index (κ2) is 7.55. The summed E-state index contributed by atoms with van der Waals surface area (Å²) in [5.74, 6) is 0.122. The Morgan fingerprint density at radius 1 is 1.25 bits per heavy atom. The molecule has 0 atom stereocenters. The number of hydrogen-bond donors (Lipinski definition) is 1. The van der Waals surface area contributed by atoms with Crippen LogP contribution in [-0.2, 0) is 0 Å². The fourth-order valence-electron chi connectivity index (χ4n) is 2.60. The molecule has 2 aromatic rings. The standard InChI is InChI=1S/C17H17Cl2N3OS/c18-12-6-4-11(13(19)10-12)5-7-14(23)15-16(20)21-17(24-15)22-8-2-1-3-9-22/h4-7,10H,1-3,8-9,20H2/b7-5+. The molecule has 1 fully saturated rings. The number of piperidine rings is 1. The first-order valence-electron chi connectivity index (χ1n) is 7.73. The van der Waals surface area contributed by atoms with Gasteiger partial charge in [0.05, 0.1) is 0 Å². The van der Waals surface area contributed by atoms with Gasteiger partial charge in [-0.15, -0.1) is 0 Å². The van der Waals surface area contributed by atoms with Gasteiger partial charge in [-0.25, -0.2) is 4.98 Å². The summed E-state index contributed by atoms with van der Waals surface area (Å²) in [6.45, 7) is 1.94. The molecule has 3 rings (SSSR count). The normalized spacial score (nSPS) is 15.2. The fourth-order valence-corrected chi connectivity index (χ4v) is 4.02. The van der Waals surface area contributed by atoms with E-state index in [4.69, 9.17) is 28.9 Å². The van der Waals surface area contributed by atoms with Gasteiger partial charge in [0.25, 0.3) is 0 Å². The van der Waals surface area contributed by atoms with Crippen LogP contribution in [0.15, 0.2) is 24.3 Å². The van der Waals surface area contributed by atoms with Crippen molar-refractivity contribution >= 4 is 57.3 Å². The Hall–Kier alpha value is -1.56. The van der Waals surface area contributed by atoms with E-state index in [9.17, 15) is 4.79 Å². The zero-order valence-electron chi connectivity index (χ0n) is 13.0. The van der Waals surface area contributed by atoms with Crippen molar-refractivity contribution in [2.24, 2.45) is 0 Å². The molecular formula is C17H17Cl2N3OS. The highest BCUT2D eigenvalue weighted by Crippen LogP contribution is 2.31. The maximum Gasteiger partial charge on any atom is 0.199 e. The average molecular weight is 382 g/mol. The summed E-state index contributed by atoms with van der Waals surface area (Å²) in [4.78, 5) is 19.5. The number of hydrogen-bond acceptors (Lipinski definition) is 5. The lowest BCUT2D eigenvalue weighted by Crippen LogP contribution is -2.29. The highest BCUT2D eigenvalue weighted by molar-refractivity contribution is 7.18. The third-order valence-electron chi connectivity index (χ3n) is 3.87. The van der Waals surface area contributed by atoms with Crippen LogP contribution in [0.4, 0.5) is 10.9 Å². The Morgan fingerprint density at radius 2 is 2.00 bits per heavy atom. The molecule has 2 N–H and O–H groups in total. The van der Waals surface area contributed by atoms with E-state index in [0.29, 0.717) is 14.9 Å². The second-order valence-corrected chi connectivity index (χ2v) is 7.44. The van der Waals surface area contributed by atoms with E-state index >= 15 is 0 Å². The van der Waals surface area contributed by atoms with Crippen molar-refractivity contribution in [1.82, 2.24) is 4.98 Å². The van der Waals surface area contributed by atoms with Crippen molar-refractivity contribution in [1.29, 1.82) is 0 Å².